The minimum atomic E-state index is -0.818. The normalized spacial score (nSPS) is 15.8. The van der Waals surface area contributed by atoms with Crippen LogP contribution >= 0.6 is 0 Å². The minimum Gasteiger partial charge on any atom is -0.301 e. The summed E-state index contributed by atoms with van der Waals surface area (Å²) in [5.41, 5.74) is -0.201. The first-order chi connectivity index (χ1) is 8.61. The molecule has 2 rings (SSSR count). The van der Waals surface area contributed by atoms with Gasteiger partial charge in [-0.15, -0.1) is 0 Å². The molecule has 0 aromatic heterocycles. The summed E-state index contributed by atoms with van der Waals surface area (Å²) in [6.07, 6.45) is 1.60. The molecule has 1 heterocycles. The summed E-state index contributed by atoms with van der Waals surface area (Å²) in [7, 11) is 0. The van der Waals surface area contributed by atoms with Gasteiger partial charge in [-0.25, -0.2) is 4.39 Å². The Labute approximate surface area is 103 Å². The number of carbonyl (C=O) groups is 3. The fourth-order valence-electron chi connectivity index (χ4n) is 2.12. The molecule has 1 aromatic rings. The molecule has 0 aliphatic carbocycles. The SMILES string of the molecule is CCCC(C=O)N1C(=O)c2cccc(F)c2C1=O. The van der Waals surface area contributed by atoms with Gasteiger partial charge < -0.3 is 4.79 Å². The summed E-state index contributed by atoms with van der Waals surface area (Å²) < 4.78 is 13.6. The van der Waals surface area contributed by atoms with Crippen LogP contribution in [0.1, 0.15) is 40.5 Å². The molecular weight excluding hydrogens is 237 g/mol. The number of rotatable bonds is 4. The second-order valence-electron chi connectivity index (χ2n) is 4.13. The first kappa shape index (κ1) is 12.4. The maximum Gasteiger partial charge on any atom is 0.265 e. The Kier molecular flexibility index (Phi) is 3.23. The molecule has 0 spiro atoms. The molecule has 0 bridgehead atoms. The third-order valence-electron chi connectivity index (χ3n) is 2.97. The number of benzene rings is 1. The molecule has 1 aliphatic heterocycles. The van der Waals surface area contributed by atoms with Gasteiger partial charge in [-0.3, -0.25) is 14.5 Å². The van der Waals surface area contributed by atoms with Crippen molar-refractivity contribution in [3.63, 3.8) is 0 Å². The van der Waals surface area contributed by atoms with Crippen molar-refractivity contribution >= 4 is 18.1 Å². The molecule has 18 heavy (non-hydrogen) atoms. The van der Waals surface area contributed by atoms with Gasteiger partial charge in [0.2, 0.25) is 0 Å². The molecule has 0 N–H and O–H groups in total. The average molecular weight is 249 g/mol. The Morgan fingerprint density at radius 3 is 2.61 bits per heavy atom. The van der Waals surface area contributed by atoms with Crippen molar-refractivity contribution in [1.82, 2.24) is 4.90 Å². The maximum absolute atomic E-state index is 13.6. The minimum absolute atomic E-state index is 0.0305. The molecule has 0 saturated heterocycles. The van der Waals surface area contributed by atoms with Crippen LogP contribution < -0.4 is 0 Å². The van der Waals surface area contributed by atoms with Crippen LogP contribution in [-0.4, -0.2) is 29.0 Å². The highest BCUT2D eigenvalue weighted by molar-refractivity contribution is 6.22. The summed E-state index contributed by atoms with van der Waals surface area (Å²) in [4.78, 5) is 35.8. The molecule has 1 aliphatic rings. The lowest BCUT2D eigenvalue weighted by Crippen LogP contribution is -2.40. The van der Waals surface area contributed by atoms with Crippen LogP contribution in [-0.2, 0) is 4.79 Å². The zero-order chi connectivity index (χ0) is 13.3. The van der Waals surface area contributed by atoms with E-state index in [1.807, 2.05) is 6.92 Å². The summed E-state index contributed by atoms with van der Waals surface area (Å²) in [5.74, 6) is -2.05. The summed E-state index contributed by atoms with van der Waals surface area (Å²) >= 11 is 0. The van der Waals surface area contributed by atoms with Gasteiger partial charge in [0.05, 0.1) is 17.2 Å². The van der Waals surface area contributed by atoms with Gasteiger partial charge in [-0.2, -0.15) is 0 Å². The largest absolute Gasteiger partial charge is 0.301 e. The Bertz CT molecular complexity index is 527. The van der Waals surface area contributed by atoms with Crippen molar-refractivity contribution in [1.29, 1.82) is 0 Å². The molecule has 5 heteroatoms. The predicted molar refractivity (Wildman–Crippen MR) is 61.7 cm³/mol. The van der Waals surface area contributed by atoms with E-state index < -0.39 is 23.7 Å². The first-order valence-electron chi connectivity index (χ1n) is 5.73. The van der Waals surface area contributed by atoms with Crippen molar-refractivity contribution in [2.45, 2.75) is 25.8 Å². The molecule has 1 unspecified atom stereocenters. The Balaban J connectivity index is 2.45. The Hall–Kier alpha value is -2.04. The van der Waals surface area contributed by atoms with Gasteiger partial charge in [0.25, 0.3) is 11.8 Å². The van der Waals surface area contributed by atoms with Crippen LogP contribution in [0.5, 0.6) is 0 Å². The van der Waals surface area contributed by atoms with Gasteiger partial charge >= 0.3 is 0 Å². The molecule has 2 amide bonds. The number of carbonyl (C=O) groups excluding carboxylic acids is 3. The second-order valence-corrected chi connectivity index (χ2v) is 4.13. The monoisotopic (exact) mass is 249 g/mol. The highest BCUT2D eigenvalue weighted by atomic mass is 19.1. The van der Waals surface area contributed by atoms with Crippen LogP contribution in [0.25, 0.3) is 0 Å². The number of fused-ring (bicyclic) bond motifs is 1. The summed E-state index contributed by atoms with van der Waals surface area (Å²) in [5, 5.41) is 0. The zero-order valence-corrected chi connectivity index (χ0v) is 9.85. The van der Waals surface area contributed by atoms with E-state index in [1.54, 1.807) is 0 Å². The number of nitrogens with zero attached hydrogens (tertiary/aromatic N) is 1. The van der Waals surface area contributed by atoms with Crippen LogP contribution in [0.15, 0.2) is 18.2 Å². The van der Waals surface area contributed by atoms with Gasteiger partial charge in [-0.05, 0) is 18.6 Å². The van der Waals surface area contributed by atoms with E-state index >= 15 is 0 Å². The van der Waals surface area contributed by atoms with E-state index in [1.165, 1.54) is 12.1 Å². The van der Waals surface area contributed by atoms with Crippen LogP contribution in [0, 0.1) is 5.82 Å². The van der Waals surface area contributed by atoms with E-state index in [2.05, 4.69) is 0 Å². The number of aldehydes is 1. The summed E-state index contributed by atoms with van der Waals surface area (Å²) in [6, 6.07) is 3.08. The standard InChI is InChI=1S/C13H12FNO3/c1-2-4-8(7-16)15-12(17)9-5-3-6-10(14)11(9)13(15)18/h3,5-8H,2,4H2,1H3. The fourth-order valence-corrected chi connectivity index (χ4v) is 2.12. The highest BCUT2D eigenvalue weighted by Gasteiger charge is 2.41. The zero-order valence-electron chi connectivity index (χ0n) is 9.85. The number of halogens is 1. The molecule has 1 aromatic carbocycles. The lowest BCUT2D eigenvalue weighted by molar-refractivity contribution is -0.111. The number of amides is 2. The molecule has 0 fully saturated rings. The van der Waals surface area contributed by atoms with E-state index in [9.17, 15) is 18.8 Å². The van der Waals surface area contributed by atoms with Crippen molar-refractivity contribution < 1.29 is 18.8 Å². The fraction of sp³-hybridized carbons (Fsp3) is 0.308. The highest BCUT2D eigenvalue weighted by Crippen LogP contribution is 2.27. The molecular formula is C13H12FNO3. The average Bonchev–Trinajstić information content (AvgIpc) is 2.61. The van der Waals surface area contributed by atoms with Gasteiger partial charge in [0, 0.05) is 0 Å². The van der Waals surface area contributed by atoms with Crippen molar-refractivity contribution in [3.05, 3.63) is 35.1 Å². The molecule has 94 valence electrons. The quantitative estimate of drug-likeness (QED) is 0.603. The van der Waals surface area contributed by atoms with Crippen molar-refractivity contribution in [2.75, 3.05) is 0 Å². The topological polar surface area (TPSA) is 54.5 Å². The van der Waals surface area contributed by atoms with Crippen LogP contribution in [0.2, 0.25) is 0 Å². The summed E-state index contributed by atoms with van der Waals surface area (Å²) in [6.45, 7) is 1.84. The molecule has 0 saturated carbocycles. The van der Waals surface area contributed by atoms with E-state index in [0.29, 0.717) is 19.1 Å². The lowest BCUT2D eigenvalue weighted by Gasteiger charge is -2.20. The number of imide groups is 1. The first-order valence-corrected chi connectivity index (χ1v) is 5.73. The van der Waals surface area contributed by atoms with Crippen LogP contribution in [0.3, 0.4) is 0 Å². The van der Waals surface area contributed by atoms with Gasteiger partial charge in [-0.1, -0.05) is 19.4 Å². The predicted octanol–water partition coefficient (Wildman–Crippen LogP) is 1.79. The van der Waals surface area contributed by atoms with Crippen molar-refractivity contribution in [2.24, 2.45) is 0 Å². The van der Waals surface area contributed by atoms with Gasteiger partial charge in [0.1, 0.15) is 12.1 Å². The molecule has 0 radical (unpaired) electrons. The van der Waals surface area contributed by atoms with Gasteiger partial charge in [0.15, 0.2) is 0 Å². The van der Waals surface area contributed by atoms with E-state index in [4.69, 9.17) is 0 Å². The van der Waals surface area contributed by atoms with E-state index in [0.717, 1.165) is 11.0 Å². The van der Waals surface area contributed by atoms with Crippen LogP contribution in [0.4, 0.5) is 4.39 Å². The number of hydrogen-bond donors (Lipinski definition) is 0. The third kappa shape index (κ3) is 1.72. The smallest absolute Gasteiger partial charge is 0.265 e. The molecule has 1 atom stereocenters. The molecule has 4 nitrogen and oxygen atoms in total. The lowest BCUT2D eigenvalue weighted by atomic mass is 10.1. The third-order valence-corrected chi connectivity index (χ3v) is 2.97. The second kappa shape index (κ2) is 4.68. The Morgan fingerprint density at radius 1 is 1.33 bits per heavy atom. The maximum atomic E-state index is 13.6. The Morgan fingerprint density at radius 2 is 2.06 bits per heavy atom. The van der Waals surface area contributed by atoms with Crippen molar-refractivity contribution in [3.8, 4) is 0 Å². The number of hydrogen-bond acceptors (Lipinski definition) is 3. The van der Waals surface area contributed by atoms with E-state index in [-0.39, 0.29) is 11.1 Å².